The molecule has 0 aromatic heterocycles. The molecule has 0 radical (unpaired) electrons. The Hall–Kier alpha value is -0.780. The summed E-state index contributed by atoms with van der Waals surface area (Å²) in [6, 6.07) is 11.0. The van der Waals surface area contributed by atoms with Crippen LogP contribution in [0.3, 0.4) is 0 Å². The van der Waals surface area contributed by atoms with E-state index < -0.39 is 0 Å². The molecule has 0 fully saturated rings. The van der Waals surface area contributed by atoms with Crippen molar-refractivity contribution in [3.8, 4) is 0 Å². The second-order valence-corrected chi connectivity index (χ2v) is 4.65. The molecule has 15 heavy (non-hydrogen) atoms. The molecule has 0 spiro atoms. The van der Waals surface area contributed by atoms with E-state index in [-0.39, 0.29) is 0 Å². The molecule has 84 valence electrons. The van der Waals surface area contributed by atoms with Crippen molar-refractivity contribution in [1.82, 2.24) is 0 Å². The molecule has 0 N–H and O–H groups in total. The van der Waals surface area contributed by atoms with Gasteiger partial charge in [0.05, 0.1) is 0 Å². The minimum absolute atomic E-state index is 0.352. The summed E-state index contributed by atoms with van der Waals surface area (Å²) < 4.78 is 0. The van der Waals surface area contributed by atoms with Gasteiger partial charge in [0, 0.05) is 0 Å². The smallest absolute Gasteiger partial charge is 0.00499 e. The maximum Gasteiger partial charge on any atom is -0.00499 e. The highest BCUT2D eigenvalue weighted by atomic mass is 14.4. The average molecular weight is 204 g/mol. The van der Waals surface area contributed by atoms with E-state index in [1.165, 1.54) is 24.8 Å². The molecule has 0 heteroatoms. The normalized spacial score (nSPS) is 15.3. The standard InChI is InChI=1S/C15H24/c1-5-13(6-2)15(4,7-3)14-11-9-8-10-12-14/h8-13H,5-7H2,1-4H3. The van der Waals surface area contributed by atoms with Crippen molar-refractivity contribution in [3.63, 3.8) is 0 Å². The summed E-state index contributed by atoms with van der Waals surface area (Å²) >= 11 is 0. The summed E-state index contributed by atoms with van der Waals surface area (Å²) in [4.78, 5) is 0. The Morgan fingerprint density at radius 3 is 1.93 bits per heavy atom. The third kappa shape index (κ3) is 2.42. The molecule has 0 nitrogen and oxygen atoms in total. The number of benzene rings is 1. The molecule has 1 aromatic carbocycles. The zero-order chi connectivity index (χ0) is 11.3. The van der Waals surface area contributed by atoms with Gasteiger partial charge < -0.3 is 0 Å². The molecular formula is C15H24. The van der Waals surface area contributed by atoms with Crippen LogP contribution < -0.4 is 0 Å². The van der Waals surface area contributed by atoms with E-state index in [1.54, 1.807) is 0 Å². The predicted molar refractivity (Wildman–Crippen MR) is 68.2 cm³/mol. The van der Waals surface area contributed by atoms with Gasteiger partial charge >= 0.3 is 0 Å². The highest BCUT2D eigenvalue weighted by molar-refractivity contribution is 5.25. The Balaban J connectivity index is 3.04. The molecule has 0 saturated heterocycles. The Morgan fingerprint density at radius 2 is 1.53 bits per heavy atom. The van der Waals surface area contributed by atoms with Crippen molar-refractivity contribution in [2.75, 3.05) is 0 Å². The van der Waals surface area contributed by atoms with E-state index in [0.717, 1.165) is 5.92 Å². The first-order chi connectivity index (χ1) is 7.19. The predicted octanol–water partition coefficient (Wildman–Crippen LogP) is 4.79. The number of rotatable bonds is 5. The molecule has 1 atom stereocenters. The summed E-state index contributed by atoms with van der Waals surface area (Å²) in [5.74, 6) is 0.796. The molecule has 0 aliphatic rings. The van der Waals surface area contributed by atoms with Crippen molar-refractivity contribution in [2.45, 2.75) is 52.4 Å². The first kappa shape index (κ1) is 12.3. The van der Waals surface area contributed by atoms with E-state index in [1.807, 2.05) is 0 Å². The molecule has 0 heterocycles. The zero-order valence-corrected chi connectivity index (χ0v) is 10.6. The van der Waals surface area contributed by atoms with Crippen LogP contribution in [0.5, 0.6) is 0 Å². The molecule has 1 rings (SSSR count). The van der Waals surface area contributed by atoms with E-state index >= 15 is 0 Å². The number of hydrogen-bond donors (Lipinski definition) is 0. The Morgan fingerprint density at radius 1 is 1.00 bits per heavy atom. The molecule has 0 aliphatic carbocycles. The van der Waals surface area contributed by atoms with Gasteiger partial charge in [-0.05, 0) is 23.3 Å². The van der Waals surface area contributed by atoms with Crippen LogP contribution in [0.4, 0.5) is 0 Å². The molecule has 0 bridgehead atoms. The van der Waals surface area contributed by atoms with Crippen LogP contribution in [-0.4, -0.2) is 0 Å². The fourth-order valence-electron chi connectivity index (χ4n) is 2.74. The summed E-state index contributed by atoms with van der Waals surface area (Å²) in [6.07, 6.45) is 3.77. The van der Waals surface area contributed by atoms with E-state index in [9.17, 15) is 0 Å². The van der Waals surface area contributed by atoms with Gasteiger partial charge in [-0.2, -0.15) is 0 Å². The first-order valence-electron chi connectivity index (χ1n) is 6.24. The van der Waals surface area contributed by atoms with Crippen molar-refractivity contribution < 1.29 is 0 Å². The minimum Gasteiger partial charge on any atom is -0.0651 e. The van der Waals surface area contributed by atoms with Gasteiger partial charge in [-0.1, -0.05) is 70.9 Å². The van der Waals surface area contributed by atoms with Crippen LogP contribution in [0, 0.1) is 5.92 Å². The molecule has 1 aromatic rings. The van der Waals surface area contributed by atoms with Crippen LogP contribution >= 0.6 is 0 Å². The molecule has 1 unspecified atom stereocenters. The third-order valence-corrected chi connectivity index (χ3v) is 4.05. The second kappa shape index (κ2) is 5.34. The average Bonchev–Trinajstić information content (AvgIpc) is 2.31. The van der Waals surface area contributed by atoms with Crippen molar-refractivity contribution in [1.29, 1.82) is 0 Å². The van der Waals surface area contributed by atoms with Crippen LogP contribution in [0.25, 0.3) is 0 Å². The fourth-order valence-corrected chi connectivity index (χ4v) is 2.74. The lowest BCUT2D eigenvalue weighted by atomic mass is 9.68. The van der Waals surface area contributed by atoms with E-state index in [0.29, 0.717) is 5.41 Å². The van der Waals surface area contributed by atoms with Gasteiger partial charge in [0.15, 0.2) is 0 Å². The molecule has 0 aliphatic heterocycles. The van der Waals surface area contributed by atoms with Crippen LogP contribution in [0.1, 0.15) is 52.5 Å². The minimum atomic E-state index is 0.352. The van der Waals surface area contributed by atoms with Gasteiger partial charge in [-0.25, -0.2) is 0 Å². The zero-order valence-electron chi connectivity index (χ0n) is 10.6. The van der Waals surface area contributed by atoms with Gasteiger partial charge in [0.1, 0.15) is 0 Å². The monoisotopic (exact) mass is 204 g/mol. The van der Waals surface area contributed by atoms with E-state index in [2.05, 4.69) is 58.0 Å². The Bertz CT molecular complexity index is 271. The summed E-state index contributed by atoms with van der Waals surface area (Å²) in [5, 5.41) is 0. The Labute approximate surface area is 94.7 Å². The van der Waals surface area contributed by atoms with Gasteiger partial charge in [-0.3, -0.25) is 0 Å². The lowest BCUT2D eigenvalue weighted by Crippen LogP contribution is -2.30. The lowest BCUT2D eigenvalue weighted by Gasteiger charge is -2.37. The topological polar surface area (TPSA) is 0 Å². The van der Waals surface area contributed by atoms with Crippen molar-refractivity contribution in [2.24, 2.45) is 5.92 Å². The van der Waals surface area contributed by atoms with Crippen molar-refractivity contribution >= 4 is 0 Å². The Kier molecular flexibility index (Phi) is 4.38. The summed E-state index contributed by atoms with van der Waals surface area (Å²) in [7, 11) is 0. The molecular weight excluding hydrogens is 180 g/mol. The fraction of sp³-hybridized carbons (Fsp3) is 0.600. The van der Waals surface area contributed by atoms with Crippen LogP contribution in [0.2, 0.25) is 0 Å². The van der Waals surface area contributed by atoms with Gasteiger partial charge in [0.2, 0.25) is 0 Å². The second-order valence-electron chi connectivity index (χ2n) is 4.65. The first-order valence-corrected chi connectivity index (χ1v) is 6.24. The maximum absolute atomic E-state index is 2.42. The molecule has 0 saturated carbocycles. The van der Waals surface area contributed by atoms with E-state index in [4.69, 9.17) is 0 Å². The van der Waals surface area contributed by atoms with Crippen molar-refractivity contribution in [3.05, 3.63) is 35.9 Å². The maximum atomic E-state index is 2.42. The third-order valence-electron chi connectivity index (χ3n) is 4.05. The summed E-state index contributed by atoms with van der Waals surface area (Å²) in [6.45, 7) is 9.35. The molecule has 0 amide bonds. The highest BCUT2D eigenvalue weighted by Crippen LogP contribution is 2.38. The largest absolute Gasteiger partial charge is 0.0651 e. The highest BCUT2D eigenvalue weighted by Gasteiger charge is 2.31. The quantitative estimate of drug-likeness (QED) is 0.647. The van der Waals surface area contributed by atoms with Gasteiger partial charge in [-0.15, -0.1) is 0 Å². The van der Waals surface area contributed by atoms with Crippen LogP contribution in [0.15, 0.2) is 30.3 Å². The SMILES string of the molecule is CCC(CC)C(C)(CC)c1ccccc1. The van der Waals surface area contributed by atoms with Gasteiger partial charge in [0.25, 0.3) is 0 Å². The lowest BCUT2D eigenvalue weighted by molar-refractivity contribution is 0.265. The van der Waals surface area contributed by atoms with Crippen LogP contribution in [-0.2, 0) is 5.41 Å². The number of hydrogen-bond acceptors (Lipinski definition) is 0. The summed E-state index contributed by atoms with van der Waals surface area (Å²) in [5.41, 5.74) is 1.85.